The van der Waals surface area contributed by atoms with Gasteiger partial charge in [-0.3, -0.25) is 0 Å². The molecule has 4 heteroatoms. The highest BCUT2D eigenvalue weighted by atomic mass is 14.8. The van der Waals surface area contributed by atoms with Gasteiger partial charge in [0.05, 0.1) is 22.8 Å². The fourth-order valence-electron chi connectivity index (χ4n) is 10.0. The van der Waals surface area contributed by atoms with Crippen LogP contribution in [0.5, 0.6) is 0 Å². The monoisotopic (exact) mass is 940 g/mol. The van der Waals surface area contributed by atoms with Crippen LogP contribution in [0.1, 0.15) is 93.5 Å². The maximum absolute atomic E-state index is 5.70. The summed E-state index contributed by atoms with van der Waals surface area (Å²) in [5, 5.41) is 0. The molecule has 0 spiro atoms. The Bertz CT molecular complexity index is 3920. The molecule has 3 aromatic heterocycles. The fraction of sp³-hybridized carbons (Fsp3) is 0.130. The van der Waals surface area contributed by atoms with E-state index in [2.05, 4.69) is 251 Å². The average molecular weight is 941 g/mol. The van der Waals surface area contributed by atoms with E-state index in [0.717, 1.165) is 123 Å². The molecule has 2 aliphatic rings. The minimum atomic E-state index is 0.00402. The molecule has 0 atom stereocenters. The van der Waals surface area contributed by atoms with Crippen LogP contribution in [-0.2, 0) is 10.8 Å². The quantitative estimate of drug-likeness (QED) is 0.163. The molecule has 0 saturated carbocycles. The molecule has 9 aromatic rings. The maximum atomic E-state index is 5.70. The molecule has 0 saturated heterocycles. The minimum Gasteiger partial charge on any atom is -0.354 e. The smallest absolute Gasteiger partial charge is 0.0737 e. The number of rotatable bonds is 6. The van der Waals surface area contributed by atoms with Crippen LogP contribution >= 0.6 is 0 Å². The number of hydrogen-bond acceptors (Lipinski definition) is 2. The van der Waals surface area contributed by atoms with E-state index in [4.69, 9.17) is 16.4 Å². The van der Waals surface area contributed by atoms with Crippen LogP contribution < -0.4 is 0 Å². The maximum Gasteiger partial charge on any atom is 0.0737 e. The van der Waals surface area contributed by atoms with Crippen molar-refractivity contribution >= 4 is 46.4 Å². The second-order valence-corrected chi connectivity index (χ2v) is 21.0. The number of nitrogens with one attached hydrogen (secondary N) is 2. The van der Waals surface area contributed by atoms with Crippen molar-refractivity contribution in [3.05, 3.63) is 215 Å². The second-order valence-electron chi connectivity index (χ2n) is 21.0. The molecule has 4 nitrogen and oxygen atoms in total. The lowest BCUT2D eigenvalue weighted by molar-refractivity contribution is 0.590. The summed E-state index contributed by atoms with van der Waals surface area (Å²) in [7, 11) is 0. The third-order valence-electron chi connectivity index (χ3n) is 14.1. The molecular formula is C69H56N4. The molecule has 0 aliphatic carbocycles. The SMILES string of the molecule is C#Cc1ccc(-c2ccc(-c3c4nc(c(-c5ccc(-c6ccc(C#CC)cc6)cc5)c5ccc([nH]5)c(-c5ccc(C(C)(C)C)cc5)c5nc(c(-c6ccc(C(C)(C)C)cc6)c6ccc3[nH]6)C=C5)C=C4)cc2)cc1. The van der Waals surface area contributed by atoms with Gasteiger partial charge in [-0.25, -0.2) is 9.97 Å². The van der Waals surface area contributed by atoms with E-state index in [9.17, 15) is 0 Å². The Labute approximate surface area is 429 Å². The number of nitrogens with zero attached hydrogens (tertiary/aromatic N) is 2. The van der Waals surface area contributed by atoms with E-state index in [1.54, 1.807) is 0 Å². The van der Waals surface area contributed by atoms with Crippen molar-refractivity contribution in [3.63, 3.8) is 0 Å². The Hall–Kier alpha value is -8.96. The van der Waals surface area contributed by atoms with Crippen LogP contribution in [0.15, 0.2) is 170 Å². The zero-order valence-corrected chi connectivity index (χ0v) is 42.4. The first kappa shape index (κ1) is 46.4. The molecule has 2 aliphatic heterocycles. The van der Waals surface area contributed by atoms with Gasteiger partial charge >= 0.3 is 0 Å². The van der Waals surface area contributed by atoms with Gasteiger partial charge in [0.2, 0.25) is 0 Å². The highest BCUT2D eigenvalue weighted by Gasteiger charge is 2.21. The number of hydrogen-bond donors (Lipinski definition) is 2. The summed E-state index contributed by atoms with van der Waals surface area (Å²) < 4.78 is 0. The number of H-pyrrole nitrogens is 2. The van der Waals surface area contributed by atoms with Gasteiger partial charge in [-0.15, -0.1) is 12.3 Å². The van der Waals surface area contributed by atoms with Crippen LogP contribution in [-0.4, -0.2) is 19.9 Å². The van der Waals surface area contributed by atoms with Gasteiger partial charge in [0.15, 0.2) is 0 Å². The van der Waals surface area contributed by atoms with Crippen LogP contribution in [0.3, 0.4) is 0 Å². The van der Waals surface area contributed by atoms with Gasteiger partial charge in [0, 0.05) is 55.4 Å². The van der Waals surface area contributed by atoms with E-state index in [-0.39, 0.29) is 10.8 Å². The number of fused-ring (bicyclic) bond motifs is 8. The highest BCUT2D eigenvalue weighted by Crippen LogP contribution is 2.40. The van der Waals surface area contributed by atoms with Gasteiger partial charge < -0.3 is 9.97 Å². The van der Waals surface area contributed by atoms with Gasteiger partial charge in [-0.05, 0) is 146 Å². The second kappa shape index (κ2) is 18.7. The fourth-order valence-corrected chi connectivity index (χ4v) is 10.0. The molecule has 0 fully saturated rings. The number of aromatic amines is 2. The zero-order chi connectivity index (χ0) is 50.4. The normalized spacial score (nSPS) is 12.1. The van der Waals surface area contributed by atoms with Crippen LogP contribution in [0, 0.1) is 24.2 Å². The predicted molar refractivity (Wildman–Crippen MR) is 309 cm³/mol. The van der Waals surface area contributed by atoms with Crippen molar-refractivity contribution in [2.75, 3.05) is 0 Å². The van der Waals surface area contributed by atoms with E-state index < -0.39 is 0 Å². The van der Waals surface area contributed by atoms with E-state index in [1.165, 1.54) is 11.1 Å². The lowest BCUT2D eigenvalue weighted by atomic mass is 9.86. The summed E-state index contributed by atoms with van der Waals surface area (Å²) in [6, 6.07) is 60.9. The summed E-state index contributed by atoms with van der Waals surface area (Å²) in [5.74, 6) is 8.91. The van der Waals surface area contributed by atoms with Crippen molar-refractivity contribution in [2.45, 2.75) is 59.3 Å². The predicted octanol–water partition coefficient (Wildman–Crippen LogP) is 17.6. The van der Waals surface area contributed by atoms with Gasteiger partial charge in [-0.1, -0.05) is 175 Å². The lowest BCUT2D eigenvalue weighted by Crippen LogP contribution is -2.10. The molecule has 11 rings (SSSR count). The Morgan fingerprint density at radius 3 is 0.877 bits per heavy atom. The molecule has 8 bridgehead atoms. The summed E-state index contributed by atoms with van der Waals surface area (Å²) >= 11 is 0. The average Bonchev–Trinajstić information content (AvgIpc) is 4.26. The summed E-state index contributed by atoms with van der Waals surface area (Å²) in [6.45, 7) is 15.4. The first-order valence-electron chi connectivity index (χ1n) is 25.0. The van der Waals surface area contributed by atoms with Gasteiger partial charge in [-0.2, -0.15) is 0 Å². The van der Waals surface area contributed by atoms with Crippen molar-refractivity contribution in [1.82, 2.24) is 19.9 Å². The number of terminal acetylenes is 1. The van der Waals surface area contributed by atoms with Crippen molar-refractivity contribution in [3.8, 4) is 90.9 Å². The lowest BCUT2D eigenvalue weighted by Gasteiger charge is -2.19. The van der Waals surface area contributed by atoms with Crippen LogP contribution in [0.25, 0.3) is 113 Å². The van der Waals surface area contributed by atoms with Crippen molar-refractivity contribution in [1.29, 1.82) is 0 Å². The zero-order valence-electron chi connectivity index (χ0n) is 42.4. The molecule has 73 heavy (non-hydrogen) atoms. The van der Waals surface area contributed by atoms with Gasteiger partial charge in [0.25, 0.3) is 0 Å². The molecule has 6 aromatic carbocycles. The first-order chi connectivity index (χ1) is 35.3. The summed E-state index contributed by atoms with van der Waals surface area (Å²) in [6.07, 6.45) is 14.4. The third kappa shape index (κ3) is 9.17. The number of benzene rings is 6. The molecular weight excluding hydrogens is 885 g/mol. The van der Waals surface area contributed by atoms with Crippen molar-refractivity contribution in [2.24, 2.45) is 0 Å². The standard InChI is InChI=1S/C69H56N4/c1-9-11-45-14-18-47(19-15-45)49-22-26-51(27-23-49)65-57-37-36-56(70-57)64(50-24-20-48(21-25-50)46-16-12-44(10-2)13-17-46)58-38-40-60(71-58)66(52-28-32-54(33-29-52)68(3,4)5)62-42-43-63(73-62)67(61-41-39-59(65)72-61)53-30-34-55(35-31-53)69(6,7)8/h2,12-43,71-72H,1,3-8H3. The van der Waals surface area contributed by atoms with E-state index in [0.29, 0.717) is 0 Å². The Morgan fingerprint density at radius 1 is 0.342 bits per heavy atom. The Morgan fingerprint density at radius 2 is 0.603 bits per heavy atom. The number of aromatic nitrogens is 4. The molecule has 2 N–H and O–H groups in total. The van der Waals surface area contributed by atoms with Crippen molar-refractivity contribution < 1.29 is 0 Å². The molecule has 352 valence electrons. The highest BCUT2D eigenvalue weighted by molar-refractivity contribution is 6.00. The third-order valence-corrected chi connectivity index (χ3v) is 14.1. The molecule has 5 heterocycles. The van der Waals surface area contributed by atoms with E-state index >= 15 is 0 Å². The largest absolute Gasteiger partial charge is 0.354 e. The topological polar surface area (TPSA) is 57.4 Å². The molecule has 0 unspecified atom stereocenters. The first-order valence-corrected chi connectivity index (χ1v) is 25.0. The summed E-state index contributed by atoms with van der Waals surface area (Å²) in [4.78, 5) is 19.0. The van der Waals surface area contributed by atoms with E-state index in [1.807, 2.05) is 19.1 Å². The minimum absolute atomic E-state index is 0.00402. The molecule has 0 radical (unpaired) electrons. The Kier molecular flexibility index (Phi) is 11.9. The summed E-state index contributed by atoms with van der Waals surface area (Å²) in [5.41, 5.74) is 24.4. The molecule has 0 amide bonds. The van der Waals surface area contributed by atoms with Crippen LogP contribution in [0.4, 0.5) is 0 Å². The van der Waals surface area contributed by atoms with Crippen LogP contribution in [0.2, 0.25) is 0 Å². The Balaban J connectivity index is 1.20. The van der Waals surface area contributed by atoms with Gasteiger partial charge in [0.1, 0.15) is 0 Å².